The highest BCUT2D eigenvalue weighted by Gasteiger charge is 2.38. The summed E-state index contributed by atoms with van der Waals surface area (Å²) in [6.45, 7) is -0.270. The molecule has 1 amide bonds. The van der Waals surface area contributed by atoms with E-state index in [0.717, 1.165) is 22.0 Å². The number of carbonyl (C=O) groups is 3. The van der Waals surface area contributed by atoms with Gasteiger partial charge in [-0.3, -0.25) is 14.4 Å². The summed E-state index contributed by atoms with van der Waals surface area (Å²) in [5.41, 5.74) is 8.74. The minimum Gasteiger partial charge on any atom is -0.497 e. The first kappa shape index (κ1) is 24.3. The lowest BCUT2D eigenvalue weighted by molar-refractivity contribution is -0.135. The van der Waals surface area contributed by atoms with Gasteiger partial charge in [0.05, 0.1) is 19.1 Å². The molecule has 0 spiro atoms. The molecule has 1 atom stereocenters. The van der Waals surface area contributed by atoms with Crippen LogP contribution in [0.5, 0.6) is 23.0 Å². The summed E-state index contributed by atoms with van der Waals surface area (Å²) >= 11 is 0. The Morgan fingerprint density at radius 3 is 2.74 bits per heavy atom. The second-order valence-electron chi connectivity index (χ2n) is 9.43. The van der Waals surface area contributed by atoms with Crippen LogP contribution in [-0.2, 0) is 16.6 Å². The zero-order valence-corrected chi connectivity index (χ0v) is 21.2. The molecule has 0 radical (unpaired) electrons. The molecule has 3 heterocycles. The number of rotatable bonds is 6. The Kier molecular flexibility index (Phi) is 5.83. The van der Waals surface area contributed by atoms with E-state index in [4.69, 9.17) is 24.7 Å². The number of ketones is 1. The first-order valence-corrected chi connectivity index (χ1v) is 12.3. The van der Waals surface area contributed by atoms with Gasteiger partial charge >= 0.3 is 5.97 Å². The Morgan fingerprint density at radius 1 is 1.10 bits per heavy atom. The molecule has 2 aliphatic rings. The van der Waals surface area contributed by atoms with E-state index in [1.165, 1.54) is 0 Å². The van der Waals surface area contributed by atoms with Crippen LogP contribution in [0.4, 0.5) is 0 Å². The summed E-state index contributed by atoms with van der Waals surface area (Å²) in [7, 11) is 3.54. The molecule has 9 nitrogen and oxygen atoms in total. The molecule has 9 heteroatoms. The molecular formula is C30H24N2O7. The molecule has 2 aliphatic heterocycles. The predicted molar refractivity (Wildman–Crippen MR) is 142 cm³/mol. The fourth-order valence-corrected chi connectivity index (χ4v) is 5.15. The van der Waals surface area contributed by atoms with Gasteiger partial charge in [0.1, 0.15) is 23.0 Å². The summed E-state index contributed by atoms with van der Waals surface area (Å²) in [6, 6.07) is 16.0. The molecule has 6 rings (SSSR count). The van der Waals surface area contributed by atoms with Crippen LogP contribution in [0.1, 0.15) is 39.4 Å². The van der Waals surface area contributed by atoms with Crippen molar-refractivity contribution in [1.82, 2.24) is 4.57 Å². The highest BCUT2D eigenvalue weighted by Crippen LogP contribution is 2.49. The molecular weight excluding hydrogens is 500 g/mol. The summed E-state index contributed by atoms with van der Waals surface area (Å²) in [4.78, 5) is 37.1. The van der Waals surface area contributed by atoms with E-state index in [9.17, 15) is 14.4 Å². The number of Topliss-reactive ketones (excluding diaryl/α,β-unsaturated/α-hetero) is 1. The molecule has 0 saturated heterocycles. The second kappa shape index (κ2) is 9.36. The van der Waals surface area contributed by atoms with Gasteiger partial charge in [0, 0.05) is 41.2 Å². The van der Waals surface area contributed by atoms with E-state index in [0.29, 0.717) is 34.1 Å². The molecule has 0 aliphatic carbocycles. The average Bonchev–Trinajstić information content (AvgIpc) is 3.42. The summed E-state index contributed by atoms with van der Waals surface area (Å²) < 4.78 is 24.6. The fourth-order valence-electron chi connectivity index (χ4n) is 5.15. The van der Waals surface area contributed by atoms with Crippen molar-refractivity contribution in [1.29, 1.82) is 0 Å². The lowest BCUT2D eigenvalue weighted by atomic mass is 9.84. The Morgan fingerprint density at radius 2 is 1.95 bits per heavy atom. The van der Waals surface area contributed by atoms with Gasteiger partial charge in [0.25, 0.3) is 5.91 Å². The minimum absolute atomic E-state index is 0.0441. The standard InChI is InChI=1S/C30H24N2O7/c1-32-14-17(21-12-18(36-2)6-8-23(21)32)11-25-29(35)20-7-9-24-28(30(20)39-25)22(13-27(34)38-24)16-4-3-5-19(10-16)37-15-26(31)33/h3-12,14,22H,13,15H2,1-2H3,(H2,31,33)/b25-11-. The number of fused-ring (bicyclic) bond motifs is 4. The van der Waals surface area contributed by atoms with E-state index in [1.807, 2.05) is 42.1 Å². The number of methoxy groups -OCH3 is 1. The number of primary amides is 1. The van der Waals surface area contributed by atoms with Crippen molar-refractivity contribution in [3.8, 4) is 23.0 Å². The van der Waals surface area contributed by atoms with Crippen LogP contribution in [0.15, 0.2) is 66.6 Å². The third-order valence-corrected chi connectivity index (χ3v) is 6.94. The number of esters is 1. The van der Waals surface area contributed by atoms with Crippen LogP contribution < -0.4 is 24.7 Å². The van der Waals surface area contributed by atoms with Crippen molar-refractivity contribution in [3.63, 3.8) is 0 Å². The Balaban J connectivity index is 1.41. The van der Waals surface area contributed by atoms with Gasteiger partial charge in [-0.05, 0) is 54.1 Å². The van der Waals surface area contributed by atoms with Crippen molar-refractivity contribution in [2.24, 2.45) is 12.8 Å². The molecule has 0 fully saturated rings. The van der Waals surface area contributed by atoms with Crippen LogP contribution in [0, 0.1) is 0 Å². The van der Waals surface area contributed by atoms with Gasteiger partial charge < -0.3 is 29.2 Å². The average molecular weight is 525 g/mol. The largest absolute Gasteiger partial charge is 0.497 e. The number of aryl methyl sites for hydroxylation is 1. The van der Waals surface area contributed by atoms with E-state index in [2.05, 4.69) is 0 Å². The van der Waals surface area contributed by atoms with Gasteiger partial charge in [-0.25, -0.2) is 0 Å². The summed E-state index contributed by atoms with van der Waals surface area (Å²) in [6.07, 6.45) is 3.69. The third-order valence-electron chi connectivity index (χ3n) is 6.94. The zero-order chi connectivity index (χ0) is 27.3. The molecule has 3 aromatic carbocycles. The molecule has 0 bridgehead atoms. The fraction of sp³-hybridized carbons (Fsp3) is 0.167. The van der Waals surface area contributed by atoms with Gasteiger partial charge in [0.15, 0.2) is 12.4 Å². The van der Waals surface area contributed by atoms with Gasteiger partial charge in [0.2, 0.25) is 5.78 Å². The molecule has 2 N–H and O–H groups in total. The topological polar surface area (TPSA) is 119 Å². The van der Waals surface area contributed by atoms with Crippen molar-refractivity contribution < 1.29 is 33.3 Å². The second-order valence-corrected chi connectivity index (χ2v) is 9.43. The Bertz CT molecular complexity index is 1720. The van der Waals surface area contributed by atoms with Gasteiger partial charge in [-0.15, -0.1) is 0 Å². The molecule has 1 aromatic heterocycles. The number of hydrogen-bond acceptors (Lipinski definition) is 7. The first-order valence-electron chi connectivity index (χ1n) is 12.3. The predicted octanol–water partition coefficient (Wildman–Crippen LogP) is 4.11. The lowest BCUT2D eigenvalue weighted by Crippen LogP contribution is -2.22. The number of aromatic nitrogens is 1. The number of hydrogen-bond donors (Lipinski definition) is 1. The van der Waals surface area contributed by atoms with Crippen molar-refractivity contribution in [2.75, 3.05) is 13.7 Å². The van der Waals surface area contributed by atoms with Crippen LogP contribution in [0.2, 0.25) is 0 Å². The van der Waals surface area contributed by atoms with E-state index in [1.54, 1.807) is 43.5 Å². The number of carbonyl (C=O) groups excluding carboxylic acids is 3. The number of allylic oxidation sites excluding steroid dienone is 1. The molecule has 4 aromatic rings. The van der Waals surface area contributed by atoms with Crippen molar-refractivity contribution in [2.45, 2.75) is 12.3 Å². The smallest absolute Gasteiger partial charge is 0.312 e. The van der Waals surface area contributed by atoms with Crippen molar-refractivity contribution in [3.05, 3.63) is 88.8 Å². The van der Waals surface area contributed by atoms with E-state index >= 15 is 0 Å². The zero-order valence-electron chi connectivity index (χ0n) is 21.2. The van der Waals surface area contributed by atoms with Gasteiger partial charge in [-0.1, -0.05) is 12.1 Å². The first-order chi connectivity index (χ1) is 18.8. The molecule has 39 heavy (non-hydrogen) atoms. The van der Waals surface area contributed by atoms with E-state index in [-0.39, 0.29) is 24.6 Å². The molecule has 0 saturated carbocycles. The van der Waals surface area contributed by atoms with Crippen LogP contribution in [0.25, 0.3) is 17.0 Å². The highest BCUT2D eigenvalue weighted by molar-refractivity contribution is 6.15. The number of ether oxygens (including phenoxy) is 4. The third kappa shape index (κ3) is 4.27. The van der Waals surface area contributed by atoms with Crippen LogP contribution >= 0.6 is 0 Å². The quantitative estimate of drug-likeness (QED) is 0.229. The highest BCUT2D eigenvalue weighted by atomic mass is 16.5. The van der Waals surface area contributed by atoms with Gasteiger partial charge in [-0.2, -0.15) is 0 Å². The Hall–Kier alpha value is -5.05. The summed E-state index contributed by atoms with van der Waals surface area (Å²) in [5, 5.41) is 0.915. The number of benzene rings is 3. The van der Waals surface area contributed by atoms with Crippen LogP contribution in [-0.4, -0.2) is 35.9 Å². The van der Waals surface area contributed by atoms with Crippen LogP contribution in [0.3, 0.4) is 0 Å². The molecule has 1 unspecified atom stereocenters. The SMILES string of the molecule is COc1ccc2c(c1)c(/C=C1\Oc3c(ccc4c3C(c3cccc(OCC(N)=O)c3)CC(=O)O4)C1=O)cn2C. The monoisotopic (exact) mass is 524 g/mol. The number of amides is 1. The lowest BCUT2D eigenvalue weighted by Gasteiger charge is -2.26. The summed E-state index contributed by atoms with van der Waals surface area (Å²) in [5.74, 6) is 0.290. The van der Waals surface area contributed by atoms with Crippen molar-refractivity contribution >= 4 is 34.6 Å². The normalized spacial score (nSPS) is 17.0. The minimum atomic E-state index is -0.597. The molecule has 196 valence electrons. The number of nitrogens with two attached hydrogens (primary N) is 1. The van der Waals surface area contributed by atoms with E-state index < -0.39 is 17.8 Å². The maximum atomic E-state index is 13.5. The Labute approximate surface area is 223 Å². The maximum absolute atomic E-state index is 13.5. The maximum Gasteiger partial charge on any atom is 0.312 e. The number of nitrogens with zero attached hydrogens (tertiary/aromatic N) is 1.